The fourth-order valence-corrected chi connectivity index (χ4v) is 1.77. The Morgan fingerprint density at radius 3 is 2.44 bits per heavy atom. The number of nitrogens with zero attached hydrogens (tertiary/aromatic N) is 2. The minimum Gasteiger partial charge on any atom is -0.371 e. The van der Waals surface area contributed by atoms with Crippen LogP contribution in [-0.4, -0.2) is 39.1 Å². The van der Waals surface area contributed by atoms with Crippen molar-refractivity contribution in [1.82, 2.24) is 4.90 Å². The molecule has 90 valence electrons. The van der Waals surface area contributed by atoms with Crippen molar-refractivity contribution in [1.29, 1.82) is 0 Å². The van der Waals surface area contributed by atoms with E-state index in [0.717, 1.165) is 18.7 Å². The van der Waals surface area contributed by atoms with Crippen molar-refractivity contribution in [2.45, 2.75) is 5.88 Å². The smallest absolute Gasteiger partial charge is 0.146 e. The molecule has 1 aromatic carbocycles. The van der Waals surface area contributed by atoms with Crippen molar-refractivity contribution in [3.8, 4) is 0 Å². The van der Waals surface area contributed by atoms with Crippen molar-refractivity contribution in [3.63, 3.8) is 0 Å². The summed E-state index contributed by atoms with van der Waals surface area (Å²) in [7, 11) is 5.88. The molecule has 0 spiro atoms. The van der Waals surface area contributed by atoms with Gasteiger partial charge in [-0.1, -0.05) is 12.1 Å². The second-order valence-electron chi connectivity index (χ2n) is 4.11. The second kappa shape index (κ2) is 6.06. The van der Waals surface area contributed by atoms with Gasteiger partial charge in [0.1, 0.15) is 5.82 Å². The topological polar surface area (TPSA) is 6.48 Å². The van der Waals surface area contributed by atoms with Gasteiger partial charge in [0.2, 0.25) is 0 Å². The van der Waals surface area contributed by atoms with Gasteiger partial charge < -0.3 is 9.80 Å². The second-order valence-corrected chi connectivity index (χ2v) is 4.37. The highest BCUT2D eigenvalue weighted by Crippen LogP contribution is 2.24. The van der Waals surface area contributed by atoms with Crippen LogP contribution in [0.3, 0.4) is 0 Å². The van der Waals surface area contributed by atoms with E-state index in [1.165, 1.54) is 6.07 Å². The van der Waals surface area contributed by atoms with Crippen molar-refractivity contribution >= 4 is 17.3 Å². The lowest BCUT2D eigenvalue weighted by Gasteiger charge is -2.24. The SMILES string of the molecule is CN(C)CCN(C)c1c(F)cccc1CCl. The zero-order chi connectivity index (χ0) is 12.1. The molecule has 0 atom stereocenters. The molecule has 16 heavy (non-hydrogen) atoms. The van der Waals surface area contributed by atoms with Crippen LogP contribution in [0.15, 0.2) is 18.2 Å². The maximum absolute atomic E-state index is 13.7. The first-order valence-corrected chi connectivity index (χ1v) is 5.79. The molecular weight excluding hydrogens is 227 g/mol. The number of anilines is 1. The number of para-hydroxylation sites is 1. The first-order valence-electron chi connectivity index (χ1n) is 5.25. The number of rotatable bonds is 5. The highest BCUT2D eigenvalue weighted by Gasteiger charge is 2.12. The van der Waals surface area contributed by atoms with Crippen LogP contribution in [0.1, 0.15) is 5.56 Å². The van der Waals surface area contributed by atoms with Crippen LogP contribution in [0, 0.1) is 5.82 Å². The van der Waals surface area contributed by atoms with E-state index in [1.54, 1.807) is 6.07 Å². The summed E-state index contributed by atoms with van der Waals surface area (Å²) in [5.41, 5.74) is 1.45. The summed E-state index contributed by atoms with van der Waals surface area (Å²) in [6.45, 7) is 1.66. The molecule has 0 fully saturated rings. The minimum absolute atomic E-state index is 0.209. The number of hydrogen-bond acceptors (Lipinski definition) is 2. The predicted molar refractivity (Wildman–Crippen MR) is 67.8 cm³/mol. The number of likely N-dealkylation sites (N-methyl/N-ethyl adjacent to an activating group) is 2. The monoisotopic (exact) mass is 244 g/mol. The van der Waals surface area contributed by atoms with Crippen LogP contribution >= 0.6 is 11.6 Å². The molecule has 0 radical (unpaired) electrons. The average Bonchev–Trinajstić information content (AvgIpc) is 2.25. The van der Waals surface area contributed by atoms with E-state index in [9.17, 15) is 4.39 Å². The molecule has 2 nitrogen and oxygen atoms in total. The van der Waals surface area contributed by atoms with Crippen molar-refractivity contribution in [3.05, 3.63) is 29.6 Å². The Balaban J connectivity index is 2.84. The quantitative estimate of drug-likeness (QED) is 0.735. The van der Waals surface area contributed by atoms with Gasteiger partial charge in [-0.2, -0.15) is 0 Å². The maximum atomic E-state index is 13.7. The van der Waals surface area contributed by atoms with Crippen LogP contribution in [0.2, 0.25) is 0 Å². The van der Waals surface area contributed by atoms with E-state index in [2.05, 4.69) is 4.90 Å². The highest BCUT2D eigenvalue weighted by molar-refractivity contribution is 6.17. The van der Waals surface area contributed by atoms with E-state index in [4.69, 9.17) is 11.6 Å². The Morgan fingerprint density at radius 2 is 1.88 bits per heavy atom. The molecule has 0 heterocycles. The Hall–Kier alpha value is -0.800. The first-order chi connectivity index (χ1) is 7.56. The summed E-state index contributed by atoms with van der Waals surface area (Å²) in [6.07, 6.45) is 0. The standard InChI is InChI=1S/C12H18ClFN2/c1-15(2)7-8-16(3)12-10(9-13)5-4-6-11(12)14/h4-6H,7-9H2,1-3H3. The zero-order valence-electron chi connectivity index (χ0n) is 10.0. The third kappa shape index (κ3) is 3.35. The number of halogens is 2. The molecule has 1 aromatic rings. The van der Waals surface area contributed by atoms with E-state index in [0.29, 0.717) is 11.6 Å². The summed E-state index contributed by atoms with van der Waals surface area (Å²) in [4.78, 5) is 3.98. The van der Waals surface area contributed by atoms with Gasteiger partial charge in [-0.15, -0.1) is 11.6 Å². The average molecular weight is 245 g/mol. The fourth-order valence-electron chi connectivity index (χ4n) is 1.56. The van der Waals surface area contributed by atoms with E-state index in [1.807, 2.05) is 32.1 Å². The third-order valence-corrected chi connectivity index (χ3v) is 2.77. The first kappa shape index (κ1) is 13.3. The summed E-state index contributed by atoms with van der Waals surface area (Å²) >= 11 is 5.81. The van der Waals surface area contributed by atoms with Gasteiger partial charge in [0, 0.05) is 26.0 Å². The molecule has 1 rings (SSSR count). The Morgan fingerprint density at radius 1 is 1.19 bits per heavy atom. The van der Waals surface area contributed by atoms with Crippen LogP contribution in [-0.2, 0) is 5.88 Å². The lowest BCUT2D eigenvalue weighted by molar-refractivity contribution is 0.415. The van der Waals surface area contributed by atoms with Crippen molar-refractivity contribution in [2.24, 2.45) is 0 Å². The summed E-state index contributed by atoms with van der Waals surface area (Å²) < 4.78 is 13.7. The fraction of sp³-hybridized carbons (Fsp3) is 0.500. The van der Waals surface area contributed by atoms with Crippen LogP contribution < -0.4 is 4.90 Å². The molecule has 0 aliphatic rings. The molecule has 0 bridgehead atoms. The van der Waals surface area contributed by atoms with Crippen molar-refractivity contribution in [2.75, 3.05) is 39.1 Å². The summed E-state index contributed by atoms with van der Waals surface area (Å²) in [6, 6.07) is 5.02. The van der Waals surface area contributed by atoms with Gasteiger partial charge in [0.05, 0.1) is 5.69 Å². The Kier molecular flexibility index (Phi) is 5.03. The normalized spacial score (nSPS) is 10.9. The van der Waals surface area contributed by atoms with Crippen LogP contribution in [0.5, 0.6) is 0 Å². The molecule has 0 saturated heterocycles. The van der Waals surface area contributed by atoms with Crippen LogP contribution in [0.4, 0.5) is 10.1 Å². The summed E-state index contributed by atoms with van der Waals surface area (Å²) in [5.74, 6) is 0.124. The largest absolute Gasteiger partial charge is 0.371 e. The maximum Gasteiger partial charge on any atom is 0.146 e. The molecule has 0 amide bonds. The molecule has 0 saturated carbocycles. The zero-order valence-corrected chi connectivity index (χ0v) is 10.8. The molecule has 0 aromatic heterocycles. The predicted octanol–water partition coefficient (Wildman–Crippen LogP) is 2.56. The van der Waals surface area contributed by atoms with Gasteiger partial charge in [-0.25, -0.2) is 4.39 Å². The molecule has 0 N–H and O–H groups in total. The van der Waals surface area contributed by atoms with E-state index < -0.39 is 0 Å². The lowest BCUT2D eigenvalue weighted by Crippen LogP contribution is -2.29. The lowest BCUT2D eigenvalue weighted by atomic mass is 10.1. The van der Waals surface area contributed by atoms with Crippen LogP contribution in [0.25, 0.3) is 0 Å². The summed E-state index contributed by atoms with van der Waals surface area (Å²) in [5, 5.41) is 0. The molecule has 0 aliphatic carbocycles. The van der Waals surface area contributed by atoms with Gasteiger partial charge in [-0.05, 0) is 25.7 Å². The molecule has 4 heteroatoms. The number of hydrogen-bond donors (Lipinski definition) is 0. The van der Waals surface area contributed by atoms with Crippen molar-refractivity contribution < 1.29 is 4.39 Å². The van der Waals surface area contributed by atoms with Gasteiger partial charge in [0.25, 0.3) is 0 Å². The van der Waals surface area contributed by atoms with Gasteiger partial charge in [-0.3, -0.25) is 0 Å². The molecule has 0 unspecified atom stereocenters. The third-order valence-electron chi connectivity index (χ3n) is 2.48. The van der Waals surface area contributed by atoms with E-state index >= 15 is 0 Å². The minimum atomic E-state index is -0.209. The molecule has 0 aliphatic heterocycles. The van der Waals surface area contributed by atoms with Gasteiger partial charge in [0.15, 0.2) is 0 Å². The highest BCUT2D eigenvalue weighted by atomic mass is 35.5. The van der Waals surface area contributed by atoms with Gasteiger partial charge >= 0.3 is 0 Å². The Labute approximate surface area is 102 Å². The number of benzene rings is 1. The number of alkyl halides is 1. The van der Waals surface area contributed by atoms with E-state index in [-0.39, 0.29) is 5.82 Å². The molecular formula is C12H18ClFN2. The Bertz CT molecular complexity index is 342.